The van der Waals surface area contributed by atoms with E-state index in [4.69, 9.17) is 44.5 Å². The van der Waals surface area contributed by atoms with E-state index in [0.29, 0.717) is 50.2 Å². The summed E-state index contributed by atoms with van der Waals surface area (Å²) < 4.78 is 40.1. The van der Waals surface area contributed by atoms with Gasteiger partial charge in [-0.25, -0.2) is 45.2 Å². The Kier molecular flexibility index (Phi) is 6.38. The third-order valence-corrected chi connectivity index (χ3v) is 9.47. The van der Waals surface area contributed by atoms with E-state index in [1.54, 1.807) is 24.3 Å². The lowest BCUT2D eigenvalue weighted by Crippen LogP contribution is -2.09. The molecular formula is C32H16N8O6S2. The van der Waals surface area contributed by atoms with Gasteiger partial charge in [-0.15, -0.1) is 4.33 Å². The van der Waals surface area contributed by atoms with Crippen LogP contribution in [0.4, 0.5) is 0 Å². The van der Waals surface area contributed by atoms with Gasteiger partial charge in [0, 0.05) is 38.9 Å². The zero-order valence-electron chi connectivity index (χ0n) is 24.0. The fraction of sp³-hybridized carbons (Fsp3) is 0. The van der Waals surface area contributed by atoms with Crippen LogP contribution in [-0.4, -0.2) is 64.9 Å². The molecule has 2 N–H and O–H groups in total. The molecule has 232 valence electrons. The number of aliphatic imine (C=N–C) groups is 8. The van der Waals surface area contributed by atoms with Crippen LogP contribution in [0.3, 0.4) is 0 Å². The summed E-state index contributed by atoms with van der Waals surface area (Å²) >= 11 is 0.740. The summed E-state index contributed by atoms with van der Waals surface area (Å²) in [5.74, 6) is 1.79. The molecule has 0 radical (unpaired) electrons. The van der Waals surface area contributed by atoms with Gasteiger partial charge in [-0.2, -0.15) is 8.42 Å². The molecule has 5 aliphatic rings. The number of hydrogen-bond acceptors (Lipinski definition) is 14. The van der Waals surface area contributed by atoms with Crippen LogP contribution in [0.2, 0.25) is 0 Å². The van der Waals surface area contributed by atoms with Gasteiger partial charge in [0.15, 0.2) is 46.7 Å². The molecule has 16 heteroatoms. The molecule has 0 saturated heterocycles. The van der Waals surface area contributed by atoms with Crippen molar-refractivity contribution in [1.82, 2.24) is 0 Å². The van der Waals surface area contributed by atoms with E-state index < -0.39 is 10.1 Å². The first kappa shape index (κ1) is 28.6. The molecule has 48 heavy (non-hydrogen) atoms. The summed E-state index contributed by atoms with van der Waals surface area (Å²) in [6, 6.07) is 24.5. The van der Waals surface area contributed by atoms with Crippen molar-refractivity contribution >= 4 is 68.8 Å². The van der Waals surface area contributed by atoms with E-state index in [1.165, 1.54) is 12.1 Å². The first-order valence-electron chi connectivity index (χ1n) is 14.2. The molecule has 0 saturated carbocycles. The lowest BCUT2D eigenvalue weighted by Gasteiger charge is -2.07. The number of fused-ring (bicyclic) bond motifs is 16. The highest BCUT2D eigenvalue weighted by atomic mass is 32.2. The van der Waals surface area contributed by atoms with Crippen molar-refractivity contribution in [2.75, 3.05) is 0 Å². The van der Waals surface area contributed by atoms with Gasteiger partial charge in [0.05, 0.1) is 22.5 Å². The van der Waals surface area contributed by atoms with Gasteiger partial charge in [-0.1, -0.05) is 77.8 Å². The van der Waals surface area contributed by atoms with E-state index in [2.05, 4.69) is 10.0 Å². The zero-order valence-corrected chi connectivity index (χ0v) is 25.6. The normalized spacial score (nSPS) is 16.7. The van der Waals surface area contributed by atoms with Crippen LogP contribution in [-0.2, 0) is 19.5 Å². The van der Waals surface area contributed by atoms with E-state index in [-0.39, 0.29) is 39.6 Å². The van der Waals surface area contributed by atoms with Crippen molar-refractivity contribution in [3.8, 4) is 0 Å². The molecule has 9 rings (SSSR count). The molecule has 5 aliphatic heterocycles. The molecule has 0 aromatic heterocycles. The Morgan fingerprint density at radius 1 is 0.479 bits per heavy atom. The van der Waals surface area contributed by atoms with Crippen LogP contribution in [0.1, 0.15) is 44.5 Å². The van der Waals surface area contributed by atoms with Crippen LogP contribution < -0.4 is 0 Å². The SMILES string of the molecule is O=S(=O)(O)c1cccc2c1C1=NC2=NC2=NC(=NC3=NC(=NC4=NC(=N1)c1ccccc14)c1ccccc13)c1c(SOOO)cccc12. The van der Waals surface area contributed by atoms with E-state index >= 15 is 0 Å². The molecule has 0 spiro atoms. The molecule has 0 fully saturated rings. The van der Waals surface area contributed by atoms with Gasteiger partial charge in [0.1, 0.15) is 4.90 Å². The number of rotatable bonds is 4. The lowest BCUT2D eigenvalue weighted by molar-refractivity contribution is -0.432. The summed E-state index contributed by atoms with van der Waals surface area (Å²) in [6.07, 6.45) is 0. The standard InChI is InChI=1S/C32H16N8O6S2/c41-45-46-47-21-13-5-11-19-23(21)31-37-27-17-9-3-1-7-15(17)25(34-27)33-26-16-8-2-4-10-18(16)28(35-26)38-32-24-20(30(40-32)36-29(19)39-31)12-6-14-22(24)48(42,43)44/h1-14,41H,(H,42,43,44). The van der Waals surface area contributed by atoms with Crippen molar-refractivity contribution in [2.24, 2.45) is 39.9 Å². The molecular weight excluding hydrogens is 657 g/mol. The first-order chi connectivity index (χ1) is 23.4. The summed E-state index contributed by atoms with van der Waals surface area (Å²) in [5, 5.41) is 12.7. The number of nitrogens with zero attached hydrogens (tertiary/aromatic N) is 8. The molecule has 5 heterocycles. The van der Waals surface area contributed by atoms with Gasteiger partial charge in [-0.3, -0.25) is 4.55 Å². The van der Waals surface area contributed by atoms with Crippen molar-refractivity contribution < 1.29 is 27.6 Å². The Morgan fingerprint density at radius 2 is 0.854 bits per heavy atom. The second-order valence-electron chi connectivity index (χ2n) is 10.6. The zero-order chi connectivity index (χ0) is 32.6. The van der Waals surface area contributed by atoms with Crippen LogP contribution in [0.15, 0.2) is 135 Å². The lowest BCUT2D eigenvalue weighted by atomic mass is 10.1. The van der Waals surface area contributed by atoms with Crippen LogP contribution in [0.5, 0.6) is 0 Å². The topological polar surface area (TPSA) is 192 Å². The summed E-state index contributed by atoms with van der Waals surface area (Å²) in [5.41, 5.74) is 4.20. The second-order valence-corrected chi connectivity index (χ2v) is 12.8. The van der Waals surface area contributed by atoms with Crippen LogP contribution >= 0.6 is 12.0 Å². The van der Waals surface area contributed by atoms with Crippen LogP contribution in [0, 0.1) is 0 Å². The maximum Gasteiger partial charge on any atom is 0.295 e. The predicted molar refractivity (Wildman–Crippen MR) is 179 cm³/mol. The van der Waals surface area contributed by atoms with Crippen molar-refractivity contribution in [1.29, 1.82) is 0 Å². The highest BCUT2D eigenvalue weighted by Crippen LogP contribution is 2.35. The Bertz CT molecular complexity index is 2530. The molecule has 0 amide bonds. The van der Waals surface area contributed by atoms with Crippen LogP contribution in [0.25, 0.3) is 0 Å². The Balaban J connectivity index is 1.37. The molecule has 4 aromatic rings. The minimum atomic E-state index is -4.70. The molecule has 8 bridgehead atoms. The highest BCUT2D eigenvalue weighted by Gasteiger charge is 2.34. The third kappa shape index (κ3) is 4.47. The number of hydrogen-bond donors (Lipinski definition) is 2. The fourth-order valence-electron chi connectivity index (χ4n) is 5.93. The average Bonchev–Trinajstić information content (AvgIpc) is 3.82. The van der Waals surface area contributed by atoms with E-state index in [0.717, 1.165) is 23.2 Å². The monoisotopic (exact) mass is 672 g/mol. The Labute approximate surface area is 274 Å². The van der Waals surface area contributed by atoms with Crippen molar-refractivity contribution in [2.45, 2.75) is 9.79 Å². The number of benzene rings is 4. The van der Waals surface area contributed by atoms with Crippen molar-refractivity contribution in [3.63, 3.8) is 0 Å². The molecule has 0 atom stereocenters. The van der Waals surface area contributed by atoms with E-state index in [1.807, 2.05) is 48.5 Å². The summed E-state index contributed by atoms with van der Waals surface area (Å²) in [6.45, 7) is 0. The maximum atomic E-state index is 12.6. The minimum Gasteiger partial charge on any atom is -0.282 e. The molecule has 0 unspecified atom stereocenters. The first-order valence-corrected chi connectivity index (χ1v) is 16.3. The maximum absolute atomic E-state index is 12.6. The average molecular weight is 673 g/mol. The third-order valence-electron chi connectivity index (χ3n) is 7.93. The smallest absolute Gasteiger partial charge is 0.282 e. The highest BCUT2D eigenvalue weighted by molar-refractivity contribution is 7.94. The van der Waals surface area contributed by atoms with Gasteiger partial charge >= 0.3 is 0 Å². The van der Waals surface area contributed by atoms with Crippen molar-refractivity contribution in [3.05, 3.63) is 129 Å². The van der Waals surface area contributed by atoms with E-state index in [9.17, 15) is 13.0 Å². The van der Waals surface area contributed by atoms with Gasteiger partial charge in [0.25, 0.3) is 10.1 Å². The minimum absolute atomic E-state index is 0.0245. The molecule has 0 aliphatic carbocycles. The summed E-state index contributed by atoms with van der Waals surface area (Å²) in [4.78, 5) is 38.3. The summed E-state index contributed by atoms with van der Waals surface area (Å²) in [7, 11) is -4.70. The van der Waals surface area contributed by atoms with Gasteiger partial charge in [-0.05, 0) is 12.1 Å². The Hall–Kier alpha value is -5.62. The predicted octanol–water partition coefficient (Wildman–Crippen LogP) is 4.50. The van der Waals surface area contributed by atoms with Gasteiger partial charge in [0.2, 0.25) is 0 Å². The quantitative estimate of drug-likeness (QED) is 0.138. The molecule has 4 aromatic carbocycles. The fourth-order valence-corrected chi connectivity index (χ4v) is 7.16. The Morgan fingerprint density at radius 3 is 1.33 bits per heavy atom. The largest absolute Gasteiger partial charge is 0.295 e. The number of amidine groups is 8. The molecule has 14 nitrogen and oxygen atoms in total. The van der Waals surface area contributed by atoms with Gasteiger partial charge < -0.3 is 0 Å². The second kappa shape index (κ2) is 10.7.